The first-order valence-corrected chi connectivity index (χ1v) is 19.3. The molecule has 0 N–H and O–H groups in total. The second-order valence-electron chi connectivity index (χ2n) is 14.1. The molecule has 54 heavy (non-hydrogen) atoms. The summed E-state index contributed by atoms with van der Waals surface area (Å²) >= 11 is 1.89. The Labute approximate surface area is 318 Å². The molecule has 254 valence electrons. The van der Waals surface area contributed by atoms with E-state index in [-0.39, 0.29) is 0 Å². The molecule has 10 aromatic rings. The van der Waals surface area contributed by atoms with E-state index in [2.05, 4.69) is 216 Å². The minimum atomic E-state index is -0.560. The average Bonchev–Trinajstić information content (AvgIpc) is 3.78. The van der Waals surface area contributed by atoms with Crippen molar-refractivity contribution in [2.45, 2.75) is 5.41 Å². The molecule has 0 saturated heterocycles. The number of hydrogen-bond acceptors (Lipinski definition) is 2. The fraction of sp³-hybridized carbons (Fsp3) is 0.0196. The molecular formula is C51H34N2S. The van der Waals surface area contributed by atoms with E-state index >= 15 is 0 Å². The van der Waals surface area contributed by atoms with Crippen LogP contribution in [0.3, 0.4) is 0 Å². The van der Waals surface area contributed by atoms with Crippen LogP contribution >= 0.6 is 11.3 Å². The zero-order chi connectivity index (χ0) is 35.6. The van der Waals surface area contributed by atoms with Crippen molar-refractivity contribution in [3.05, 3.63) is 229 Å². The fourth-order valence-corrected chi connectivity index (χ4v) is 10.2. The van der Waals surface area contributed by atoms with Crippen LogP contribution < -0.4 is 4.90 Å². The van der Waals surface area contributed by atoms with Gasteiger partial charge in [-0.3, -0.25) is 0 Å². The van der Waals surface area contributed by atoms with Gasteiger partial charge in [-0.05, 0) is 94.0 Å². The van der Waals surface area contributed by atoms with E-state index in [1.54, 1.807) is 0 Å². The molecule has 8 aromatic carbocycles. The number of anilines is 3. The number of nitrogens with zero attached hydrogens (tertiary/aromatic N) is 2. The molecule has 0 bridgehead atoms. The third-order valence-corrected chi connectivity index (χ3v) is 12.4. The van der Waals surface area contributed by atoms with E-state index in [1.807, 2.05) is 11.3 Å². The van der Waals surface area contributed by atoms with Gasteiger partial charge >= 0.3 is 0 Å². The standard InChI is InChI=1S/C51H34N2S/c1-5-17-37(18-6-1)51(38-19-7-2-8-20-38)43-26-14-15-27-46(43)52(39-21-9-3-10-22-39)47-32-30-36(34-44(47)51)35-29-31-45-42(33-35)50-49(41-25-13-16-28-48(41)54-50)53(45)40-23-11-4-12-24-40/h1-34H. The van der Waals surface area contributed by atoms with Crippen molar-refractivity contribution in [2.75, 3.05) is 4.90 Å². The molecule has 2 nitrogen and oxygen atoms in total. The molecule has 0 amide bonds. The van der Waals surface area contributed by atoms with Crippen LogP contribution in [0, 0.1) is 0 Å². The number of benzene rings is 8. The maximum Gasteiger partial charge on any atom is 0.0742 e. The summed E-state index contributed by atoms with van der Waals surface area (Å²) in [6.45, 7) is 0. The lowest BCUT2D eigenvalue weighted by molar-refractivity contribution is 0.731. The highest BCUT2D eigenvalue weighted by Crippen LogP contribution is 2.58. The van der Waals surface area contributed by atoms with Crippen LogP contribution in [0.4, 0.5) is 17.1 Å². The van der Waals surface area contributed by atoms with Crippen molar-refractivity contribution in [3.8, 4) is 16.8 Å². The maximum absolute atomic E-state index is 2.47. The molecule has 0 aliphatic carbocycles. The van der Waals surface area contributed by atoms with Crippen LogP contribution in [0.15, 0.2) is 206 Å². The lowest BCUT2D eigenvalue weighted by Gasteiger charge is -2.46. The van der Waals surface area contributed by atoms with Crippen LogP contribution in [0.25, 0.3) is 48.0 Å². The molecule has 0 atom stereocenters. The summed E-state index contributed by atoms with van der Waals surface area (Å²) in [6.07, 6.45) is 0. The van der Waals surface area contributed by atoms with Crippen LogP contribution in [-0.4, -0.2) is 4.57 Å². The molecule has 0 radical (unpaired) electrons. The predicted molar refractivity (Wildman–Crippen MR) is 228 cm³/mol. The third-order valence-electron chi connectivity index (χ3n) is 11.2. The normalized spacial score (nSPS) is 13.3. The molecule has 0 spiro atoms. The highest BCUT2D eigenvalue weighted by Gasteiger charge is 2.46. The van der Waals surface area contributed by atoms with E-state index in [0.717, 1.165) is 5.69 Å². The van der Waals surface area contributed by atoms with E-state index in [1.165, 1.54) is 81.6 Å². The number of hydrogen-bond donors (Lipinski definition) is 0. The summed E-state index contributed by atoms with van der Waals surface area (Å²) in [6, 6.07) is 75.7. The Morgan fingerprint density at radius 2 is 0.963 bits per heavy atom. The maximum atomic E-state index is 2.47. The molecule has 1 aliphatic rings. The van der Waals surface area contributed by atoms with Gasteiger partial charge in [0.25, 0.3) is 0 Å². The van der Waals surface area contributed by atoms with Gasteiger partial charge in [-0.25, -0.2) is 0 Å². The summed E-state index contributed by atoms with van der Waals surface area (Å²) in [4.78, 5) is 2.45. The van der Waals surface area contributed by atoms with Crippen molar-refractivity contribution in [2.24, 2.45) is 0 Å². The molecule has 11 rings (SSSR count). The Morgan fingerprint density at radius 3 is 1.69 bits per heavy atom. The van der Waals surface area contributed by atoms with Gasteiger partial charge in [-0.15, -0.1) is 11.3 Å². The zero-order valence-corrected chi connectivity index (χ0v) is 30.2. The number of aromatic nitrogens is 1. The lowest BCUT2D eigenvalue weighted by Crippen LogP contribution is -2.37. The van der Waals surface area contributed by atoms with Gasteiger partial charge in [0.2, 0.25) is 0 Å². The Morgan fingerprint density at radius 1 is 0.407 bits per heavy atom. The predicted octanol–water partition coefficient (Wildman–Crippen LogP) is 13.8. The van der Waals surface area contributed by atoms with Crippen molar-refractivity contribution < 1.29 is 0 Å². The Bertz CT molecular complexity index is 2940. The van der Waals surface area contributed by atoms with Gasteiger partial charge in [0.05, 0.1) is 32.5 Å². The number of para-hydroxylation sites is 3. The molecule has 3 heteroatoms. The number of thiophene rings is 1. The molecule has 1 aliphatic heterocycles. The van der Waals surface area contributed by atoms with Crippen LogP contribution in [0.5, 0.6) is 0 Å². The zero-order valence-electron chi connectivity index (χ0n) is 29.4. The summed E-state index contributed by atoms with van der Waals surface area (Å²) in [5.74, 6) is 0. The first-order chi connectivity index (χ1) is 26.8. The first kappa shape index (κ1) is 30.9. The van der Waals surface area contributed by atoms with Crippen LogP contribution in [-0.2, 0) is 5.41 Å². The van der Waals surface area contributed by atoms with Crippen LogP contribution in [0.2, 0.25) is 0 Å². The van der Waals surface area contributed by atoms with Gasteiger partial charge in [0.1, 0.15) is 0 Å². The first-order valence-electron chi connectivity index (χ1n) is 18.5. The SMILES string of the molecule is c1ccc(N2c3ccccc3C(c3ccccc3)(c3ccccc3)c3cc(-c4ccc5c(c4)c4sc6ccccc6c4n5-c4ccccc4)ccc32)cc1. The highest BCUT2D eigenvalue weighted by atomic mass is 32.1. The van der Waals surface area contributed by atoms with E-state index < -0.39 is 5.41 Å². The topological polar surface area (TPSA) is 8.17 Å². The van der Waals surface area contributed by atoms with Crippen molar-refractivity contribution in [3.63, 3.8) is 0 Å². The Hall–Kier alpha value is -6.68. The summed E-state index contributed by atoms with van der Waals surface area (Å²) in [7, 11) is 0. The molecule has 0 fully saturated rings. The fourth-order valence-electron chi connectivity index (χ4n) is 8.99. The average molecular weight is 707 g/mol. The monoisotopic (exact) mass is 706 g/mol. The van der Waals surface area contributed by atoms with Gasteiger partial charge in [-0.2, -0.15) is 0 Å². The Balaban J connectivity index is 1.21. The minimum absolute atomic E-state index is 0.560. The summed E-state index contributed by atoms with van der Waals surface area (Å²) < 4.78 is 5.08. The molecule has 3 heterocycles. The molecule has 0 saturated carbocycles. The molecule has 2 aromatic heterocycles. The van der Waals surface area contributed by atoms with Gasteiger partial charge < -0.3 is 9.47 Å². The third kappa shape index (κ3) is 4.46. The smallest absolute Gasteiger partial charge is 0.0742 e. The summed E-state index contributed by atoms with van der Waals surface area (Å²) in [5.41, 5.74) is 14.0. The molecule has 0 unspecified atom stereocenters. The van der Waals surface area contributed by atoms with Crippen molar-refractivity contribution >= 4 is 59.6 Å². The molecular weight excluding hydrogens is 673 g/mol. The second-order valence-corrected chi connectivity index (χ2v) is 15.1. The number of fused-ring (bicyclic) bond motifs is 7. The van der Waals surface area contributed by atoms with Gasteiger partial charge in [-0.1, -0.05) is 146 Å². The van der Waals surface area contributed by atoms with E-state index in [9.17, 15) is 0 Å². The van der Waals surface area contributed by atoms with E-state index in [4.69, 9.17) is 0 Å². The van der Waals surface area contributed by atoms with Crippen molar-refractivity contribution in [1.82, 2.24) is 4.57 Å². The second kappa shape index (κ2) is 12.2. The minimum Gasteiger partial charge on any atom is -0.310 e. The van der Waals surface area contributed by atoms with Crippen molar-refractivity contribution in [1.29, 1.82) is 0 Å². The van der Waals surface area contributed by atoms with Gasteiger partial charge in [0, 0.05) is 26.8 Å². The highest BCUT2D eigenvalue weighted by molar-refractivity contribution is 7.26. The summed E-state index contributed by atoms with van der Waals surface area (Å²) in [5, 5.41) is 2.57. The van der Waals surface area contributed by atoms with Gasteiger partial charge in [0.15, 0.2) is 0 Å². The van der Waals surface area contributed by atoms with E-state index in [0.29, 0.717) is 0 Å². The lowest BCUT2D eigenvalue weighted by atomic mass is 9.62. The largest absolute Gasteiger partial charge is 0.310 e. The Kier molecular flexibility index (Phi) is 6.98. The quantitative estimate of drug-likeness (QED) is 0.173. The number of rotatable bonds is 5. The van der Waals surface area contributed by atoms with Crippen LogP contribution in [0.1, 0.15) is 22.3 Å².